The number of methoxy groups -OCH3 is 1. The molecule has 3 aliphatic rings. The molecule has 0 aliphatic carbocycles. The number of carbonyl (C=O) groups is 1. The van der Waals surface area contributed by atoms with Gasteiger partial charge in [-0.2, -0.15) is 0 Å². The molecular weight excluding hydrogens is 528 g/mol. The van der Waals surface area contributed by atoms with E-state index in [0.29, 0.717) is 44.4 Å². The van der Waals surface area contributed by atoms with Gasteiger partial charge in [0.05, 0.1) is 18.3 Å². The molecule has 41 heavy (non-hydrogen) atoms. The number of pyridine rings is 1. The first kappa shape index (κ1) is 29.9. The van der Waals surface area contributed by atoms with Gasteiger partial charge < -0.3 is 19.9 Å². The number of hydrogen-bond donors (Lipinski definition) is 2. The van der Waals surface area contributed by atoms with Crippen molar-refractivity contribution in [3.63, 3.8) is 0 Å². The maximum Gasteiger partial charge on any atom is 0.325 e. The normalized spacial score (nSPS) is 22.1. The zero-order valence-electron chi connectivity index (χ0n) is 24.4. The molecule has 224 valence electrons. The molecule has 1 saturated heterocycles. The lowest BCUT2D eigenvalue weighted by Crippen LogP contribution is -2.44. The Kier molecular flexibility index (Phi) is 8.97. The summed E-state index contributed by atoms with van der Waals surface area (Å²) >= 11 is 0. The van der Waals surface area contributed by atoms with Crippen LogP contribution in [-0.4, -0.2) is 65.3 Å². The Labute approximate surface area is 241 Å². The zero-order chi connectivity index (χ0) is 29.2. The Morgan fingerprint density at radius 2 is 2.07 bits per heavy atom. The van der Waals surface area contributed by atoms with E-state index in [1.807, 2.05) is 38.1 Å². The van der Waals surface area contributed by atoms with Crippen LogP contribution in [0, 0.1) is 5.92 Å². The molecule has 0 bridgehead atoms. The van der Waals surface area contributed by atoms with Gasteiger partial charge in [0, 0.05) is 44.7 Å². The highest BCUT2D eigenvalue weighted by Crippen LogP contribution is 2.41. The first-order valence-electron chi connectivity index (χ1n) is 14.9. The van der Waals surface area contributed by atoms with E-state index in [2.05, 4.69) is 16.4 Å². The van der Waals surface area contributed by atoms with Crippen molar-refractivity contribution in [2.75, 3.05) is 32.1 Å². The van der Waals surface area contributed by atoms with E-state index in [1.165, 1.54) is 5.56 Å². The van der Waals surface area contributed by atoms with Gasteiger partial charge in [0.1, 0.15) is 11.9 Å². The van der Waals surface area contributed by atoms with Gasteiger partial charge in [-0.1, -0.05) is 24.3 Å². The van der Waals surface area contributed by atoms with E-state index < -0.39 is 29.5 Å². The third-order valence-corrected chi connectivity index (χ3v) is 9.30. The van der Waals surface area contributed by atoms with Crippen LogP contribution in [0.5, 0.6) is 0 Å². The Hall–Kier alpha value is -2.62. The second-order valence-corrected chi connectivity index (χ2v) is 12.3. The third-order valence-electron chi connectivity index (χ3n) is 9.30. The van der Waals surface area contributed by atoms with Crippen molar-refractivity contribution in [3.8, 4) is 0 Å². The largest absolute Gasteiger partial charge is 0.480 e. The summed E-state index contributed by atoms with van der Waals surface area (Å²) in [7, 11) is 1.64. The summed E-state index contributed by atoms with van der Waals surface area (Å²) in [6, 6.07) is 8.75. The van der Waals surface area contributed by atoms with Crippen LogP contribution in [-0.2, 0) is 40.1 Å². The maximum absolute atomic E-state index is 15.4. The second-order valence-electron chi connectivity index (χ2n) is 12.3. The van der Waals surface area contributed by atoms with E-state index in [9.17, 15) is 9.90 Å². The molecule has 0 saturated carbocycles. The minimum Gasteiger partial charge on any atom is -0.480 e. The first-order chi connectivity index (χ1) is 19.6. The number of fused-ring (bicyclic) bond motifs is 2. The lowest BCUT2D eigenvalue weighted by molar-refractivity contribution is -0.143. The number of alkyl halides is 2. The highest BCUT2D eigenvalue weighted by Gasteiger charge is 2.46. The summed E-state index contributed by atoms with van der Waals surface area (Å²) in [4.78, 5) is 19.0. The molecule has 0 amide bonds. The molecule has 2 N–H and O–H groups in total. The van der Waals surface area contributed by atoms with Gasteiger partial charge in [-0.15, -0.1) is 0 Å². The summed E-state index contributed by atoms with van der Waals surface area (Å²) in [5, 5.41) is 13.6. The number of benzene rings is 1. The highest BCUT2D eigenvalue weighted by molar-refractivity contribution is 5.76. The fraction of sp³-hybridized carbons (Fsp3) is 0.625. The van der Waals surface area contributed by atoms with Crippen LogP contribution in [0.3, 0.4) is 0 Å². The summed E-state index contributed by atoms with van der Waals surface area (Å²) in [6.45, 7) is 5.59. The Morgan fingerprint density at radius 1 is 1.24 bits per heavy atom. The smallest absolute Gasteiger partial charge is 0.325 e. The number of aryl methyl sites for hydroxylation is 2. The van der Waals surface area contributed by atoms with Crippen LogP contribution in [0.4, 0.5) is 14.6 Å². The number of nitrogens with zero attached hydrogens (tertiary/aromatic N) is 2. The predicted molar refractivity (Wildman–Crippen MR) is 153 cm³/mol. The number of carboxylic acid groups (broad SMARTS) is 1. The molecule has 3 aliphatic heterocycles. The summed E-state index contributed by atoms with van der Waals surface area (Å²) in [6.07, 6.45) is 4.21. The van der Waals surface area contributed by atoms with Gasteiger partial charge in [0.2, 0.25) is 0 Å². The molecule has 9 heteroatoms. The van der Waals surface area contributed by atoms with E-state index in [1.54, 1.807) is 12.0 Å². The number of nitrogens with one attached hydrogen (secondary N) is 1. The number of carboxylic acids is 1. The Balaban J connectivity index is 1.21. The molecule has 7 nitrogen and oxygen atoms in total. The van der Waals surface area contributed by atoms with Gasteiger partial charge in [-0.25, -0.2) is 13.8 Å². The molecule has 1 fully saturated rings. The lowest BCUT2D eigenvalue weighted by atomic mass is 9.85. The number of halogens is 2. The predicted octanol–water partition coefficient (Wildman–Crippen LogP) is 5.80. The van der Waals surface area contributed by atoms with Crippen LogP contribution in [0.25, 0.3) is 0 Å². The SMILES string of the molecule is COC(C)(C)C1Cc2c(cccc2C(C(=O)O)N2CCC(C(F)(F)CCCCc3ccc4c(n3)NCCC4)C2)CO1. The third kappa shape index (κ3) is 6.57. The topological polar surface area (TPSA) is 83.9 Å². The second kappa shape index (κ2) is 12.3. The van der Waals surface area contributed by atoms with Crippen molar-refractivity contribution in [2.24, 2.45) is 5.92 Å². The number of unbranched alkanes of at least 4 members (excludes halogenated alkanes) is 1. The molecule has 0 radical (unpaired) electrons. The van der Waals surface area contributed by atoms with E-state index in [-0.39, 0.29) is 25.5 Å². The number of likely N-dealkylation sites (tertiary alicyclic amines) is 1. The van der Waals surface area contributed by atoms with Gasteiger partial charge in [-0.05, 0) is 87.2 Å². The fourth-order valence-electron chi connectivity index (χ4n) is 6.54. The standard InChI is InChI=1S/C32H43F2N3O4/c1-31(2,40-3)27-18-26-22(20-41-27)8-6-11-25(26)28(30(38)39)37-17-14-23(19-37)32(33,34)15-5-4-10-24-13-12-21-9-7-16-35-29(21)36-24/h6,8,11-13,23,27-28H,4-5,7,9-10,14-20H2,1-3H3,(H,35,36)(H,38,39). The number of aliphatic carboxylic acids is 1. The van der Waals surface area contributed by atoms with Crippen molar-refractivity contribution in [1.29, 1.82) is 0 Å². The monoisotopic (exact) mass is 571 g/mol. The Morgan fingerprint density at radius 3 is 2.85 bits per heavy atom. The van der Waals surface area contributed by atoms with Gasteiger partial charge in [-0.3, -0.25) is 9.69 Å². The lowest BCUT2D eigenvalue weighted by Gasteiger charge is -2.38. The van der Waals surface area contributed by atoms with E-state index in [4.69, 9.17) is 9.47 Å². The number of hydrogen-bond acceptors (Lipinski definition) is 6. The molecule has 5 rings (SSSR count). The highest BCUT2D eigenvalue weighted by atomic mass is 19.3. The van der Waals surface area contributed by atoms with Crippen LogP contribution in [0.2, 0.25) is 0 Å². The van der Waals surface area contributed by atoms with Gasteiger partial charge >= 0.3 is 5.97 Å². The minimum absolute atomic E-state index is 0.0647. The number of ether oxygens (including phenoxy) is 2. The molecule has 1 aromatic heterocycles. The number of rotatable bonds is 11. The average molecular weight is 572 g/mol. The average Bonchev–Trinajstić information content (AvgIpc) is 3.46. The fourth-order valence-corrected chi connectivity index (χ4v) is 6.54. The minimum atomic E-state index is -2.85. The van der Waals surface area contributed by atoms with E-state index >= 15 is 8.78 Å². The van der Waals surface area contributed by atoms with Crippen molar-refractivity contribution in [2.45, 2.75) is 95.5 Å². The van der Waals surface area contributed by atoms with Crippen LogP contribution >= 0.6 is 0 Å². The zero-order valence-corrected chi connectivity index (χ0v) is 24.4. The molecule has 3 unspecified atom stereocenters. The molecule has 3 atom stereocenters. The van der Waals surface area contributed by atoms with Crippen molar-refractivity contribution < 1.29 is 28.2 Å². The maximum atomic E-state index is 15.4. The first-order valence-corrected chi connectivity index (χ1v) is 14.9. The van der Waals surface area contributed by atoms with Crippen molar-refractivity contribution >= 4 is 11.8 Å². The van der Waals surface area contributed by atoms with Gasteiger partial charge in [0.15, 0.2) is 0 Å². The molecular formula is C32H43F2N3O4. The summed E-state index contributed by atoms with van der Waals surface area (Å²) in [5.74, 6) is -3.79. The van der Waals surface area contributed by atoms with Crippen LogP contribution in [0.15, 0.2) is 30.3 Å². The van der Waals surface area contributed by atoms with Crippen molar-refractivity contribution in [1.82, 2.24) is 9.88 Å². The molecule has 4 heterocycles. The number of anilines is 1. The van der Waals surface area contributed by atoms with Crippen molar-refractivity contribution in [3.05, 3.63) is 58.3 Å². The Bertz CT molecular complexity index is 1240. The molecule has 2 aromatic rings. The van der Waals surface area contributed by atoms with E-state index in [0.717, 1.165) is 42.0 Å². The summed E-state index contributed by atoms with van der Waals surface area (Å²) < 4.78 is 42.5. The summed E-state index contributed by atoms with van der Waals surface area (Å²) in [5.41, 5.74) is 4.17. The van der Waals surface area contributed by atoms with Gasteiger partial charge in [0.25, 0.3) is 5.92 Å². The number of aromatic nitrogens is 1. The molecule has 1 aromatic carbocycles. The van der Waals surface area contributed by atoms with Crippen LogP contribution in [0.1, 0.15) is 79.9 Å². The van der Waals surface area contributed by atoms with Crippen LogP contribution < -0.4 is 5.32 Å². The quantitative estimate of drug-likeness (QED) is 0.330. The molecule has 0 spiro atoms.